The van der Waals surface area contributed by atoms with E-state index >= 15 is 0 Å². The monoisotopic (exact) mass is 292 g/mol. The lowest BCUT2D eigenvalue weighted by Gasteiger charge is -2.15. The van der Waals surface area contributed by atoms with E-state index in [4.69, 9.17) is 9.31 Å². The molecule has 1 fully saturated rings. The number of aromatic nitrogens is 2. The highest BCUT2D eigenvalue weighted by molar-refractivity contribution is 6.61. The average molecular weight is 292 g/mol. The van der Waals surface area contributed by atoms with Crippen molar-refractivity contribution in [1.82, 2.24) is 9.38 Å². The summed E-state index contributed by atoms with van der Waals surface area (Å²) in [6.45, 7) is 10.5. The molecule has 21 heavy (non-hydrogen) atoms. The highest BCUT2D eigenvalue weighted by Crippen LogP contribution is 2.20. The molecule has 4 nitrogen and oxygen atoms in total. The number of halogens is 1. The van der Waals surface area contributed by atoms with Crippen LogP contribution in [0.4, 0.5) is 4.39 Å². The summed E-state index contributed by atoms with van der Waals surface area (Å²) in [6, 6.07) is 1.42. The molecule has 2 aromatic rings. The van der Waals surface area contributed by atoms with Crippen molar-refractivity contribution in [3.63, 3.8) is 0 Å². The lowest BCUT2D eigenvalue weighted by atomic mass is 9.80. The molecule has 0 unspecified atom stereocenters. The van der Waals surface area contributed by atoms with E-state index in [-0.39, 0.29) is 11.4 Å². The van der Waals surface area contributed by atoms with E-state index in [1.165, 1.54) is 12.5 Å². The van der Waals surface area contributed by atoms with Crippen LogP contribution in [0.5, 0.6) is 0 Å². The van der Waals surface area contributed by atoms with Crippen LogP contribution in [0, 0.1) is 12.7 Å². The predicted octanol–water partition coefficient (Wildman–Crippen LogP) is 2.72. The maximum atomic E-state index is 13.9. The predicted molar refractivity (Wildman–Crippen MR) is 82.4 cm³/mol. The molecule has 0 spiro atoms. The molecule has 0 aliphatic carbocycles. The van der Waals surface area contributed by atoms with Gasteiger partial charge in [0.2, 0.25) is 0 Å². The molecule has 0 bridgehead atoms. The Morgan fingerprint density at radius 3 is 2.62 bits per heavy atom. The number of nitrogens with zero attached hydrogens (tertiary/aromatic N) is 2. The number of aryl methyl sites for hydroxylation is 1. The van der Waals surface area contributed by atoms with Gasteiger partial charge in [0.25, 0.3) is 0 Å². The highest BCUT2D eigenvalue weighted by Gasteiger charge is 2.38. The zero-order valence-corrected chi connectivity index (χ0v) is 13.3. The Morgan fingerprint density at radius 2 is 2.05 bits per heavy atom. The zero-order chi connectivity index (χ0) is 15.6. The average Bonchev–Trinajstić information content (AvgIpc) is 2.92. The van der Waals surface area contributed by atoms with Crippen LogP contribution < -0.4 is 5.46 Å². The van der Waals surface area contributed by atoms with Gasteiger partial charge >= 0.3 is 7.12 Å². The topological polar surface area (TPSA) is 35.8 Å². The van der Waals surface area contributed by atoms with Gasteiger partial charge in [0, 0.05) is 17.9 Å². The van der Waals surface area contributed by atoms with E-state index < -0.39 is 7.12 Å². The SMILES string of the molecule is CCC.Cc1cn2cc(B3OCC(C)(C)O3)cc(F)c2n1. The van der Waals surface area contributed by atoms with Crippen LogP contribution in [-0.2, 0) is 9.31 Å². The third kappa shape index (κ3) is 3.63. The molecular weight excluding hydrogens is 270 g/mol. The molecule has 3 heterocycles. The smallest absolute Gasteiger partial charge is 0.404 e. The van der Waals surface area contributed by atoms with Gasteiger partial charge in [-0.05, 0) is 26.8 Å². The second-order valence-corrected chi connectivity index (χ2v) is 5.96. The summed E-state index contributed by atoms with van der Waals surface area (Å²) in [5.74, 6) is -0.363. The third-order valence-corrected chi connectivity index (χ3v) is 2.93. The summed E-state index contributed by atoms with van der Waals surface area (Å²) >= 11 is 0. The van der Waals surface area contributed by atoms with E-state index in [0.29, 0.717) is 17.7 Å². The van der Waals surface area contributed by atoms with Crippen molar-refractivity contribution in [3.8, 4) is 0 Å². The van der Waals surface area contributed by atoms with E-state index in [1.54, 1.807) is 16.8 Å². The molecule has 3 rings (SSSR count). The molecule has 6 heteroatoms. The van der Waals surface area contributed by atoms with Gasteiger partial charge in [-0.25, -0.2) is 9.37 Å². The van der Waals surface area contributed by atoms with Gasteiger partial charge in [0.15, 0.2) is 11.5 Å². The van der Waals surface area contributed by atoms with Crippen LogP contribution >= 0.6 is 0 Å². The minimum atomic E-state index is -0.512. The quantitative estimate of drug-likeness (QED) is 0.758. The highest BCUT2D eigenvalue weighted by atomic mass is 19.1. The summed E-state index contributed by atoms with van der Waals surface area (Å²) in [7, 11) is -0.512. The maximum absolute atomic E-state index is 13.9. The second kappa shape index (κ2) is 6.16. The van der Waals surface area contributed by atoms with Crippen molar-refractivity contribution in [2.75, 3.05) is 6.61 Å². The molecule has 0 saturated carbocycles. The van der Waals surface area contributed by atoms with E-state index in [1.807, 2.05) is 20.8 Å². The van der Waals surface area contributed by atoms with Crippen molar-refractivity contribution < 1.29 is 13.7 Å². The number of hydrogen-bond donors (Lipinski definition) is 0. The van der Waals surface area contributed by atoms with Crippen molar-refractivity contribution in [1.29, 1.82) is 0 Å². The summed E-state index contributed by atoms with van der Waals surface area (Å²) in [4.78, 5) is 4.12. The van der Waals surface area contributed by atoms with Crippen LogP contribution in [0.2, 0.25) is 0 Å². The summed E-state index contributed by atoms with van der Waals surface area (Å²) in [5.41, 5.74) is 1.44. The number of pyridine rings is 1. The maximum Gasteiger partial charge on any atom is 0.496 e. The van der Waals surface area contributed by atoms with Crippen LogP contribution in [0.1, 0.15) is 39.8 Å². The van der Waals surface area contributed by atoms with Gasteiger partial charge in [-0.15, -0.1) is 0 Å². The third-order valence-electron chi connectivity index (χ3n) is 2.93. The lowest BCUT2D eigenvalue weighted by molar-refractivity contribution is 0.137. The Labute approximate surface area is 125 Å². The molecule has 0 radical (unpaired) electrons. The van der Waals surface area contributed by atoms with Gasteiger partial charge in [0.1, 0.15) is 0 Å². The number of hydrogen-bond acceptors (Lipinski definition) is 3. The Bertz CT molecular complexity index is 627. The molecule has 114 valence electrons. The van der Waals surface area contributed by atoms with Gasteiger partial charge in [-0.2, -0.15) is 0 Å². The first-order valence-corrected chi connectivity index (χ1v) is 7.30. The summed E-state index contributed by atoms with van der Waals surface area (Å²) < 4.78 is 26.8. The van der Waals surface area contributed by atoms with Crippen LogP contribution in [0.25, 0.3) is 5.65 Å². The fraction of sp³-hybridized carbons (Fsp3) is 0.533. The number of fused-ring (bicyclic) bond motifs is 1. The molecule has 1 aliphatic heterocycles. The number of rotatable bonds is 1. The largest absolute Gasteiger partial charge is 0.496 e. The van der Waals surface area contributed by atoms with Crippen LogP contribution in [0.15, 0.2) is 18.5 Å². The van der Waals surface area contributed by atoms with Gasteiger partial charge < -0.3 is 13.7 Å². The standard InChI is InChI=1S/C12H14BFN2O2.C3H8/c1-8-5-16-6-9(4-10(14)11(16)15-8)13-17-7-12(2,3)18-13;1-3-2/h4-6H,7H2,1-3H3;3H2,1-2H3. The summed E-state index contributed by atoms with van der Waals surface area (Å²) in [5, 5.41) is 0. The normalized spacial score (nSPS) is 17.0. The zero-order valence-electron chi connectivity index (χ0n) is 13.3. The van der Waals surface area contributed by atoms with Crippen LogP contribution in [-0.4, -0.2) is 28.7 Å². The fourth-order valence-corrected chi connectivity index (χ4v) is 2.13. The molecule has 0 atom stereocenters. The molecule has 0 amide bonds. The summed E-state index contributed by atoms with van der Waals surface area (Å²) in [6.07, 6.45) is 4.83. The second-order valence-electron chi connectivity index (χ2n) is 5.96. The fourth-order valence-electron chi connectivity index (χ4n) is 2.13. The Hall–Kier alpha value is -1.40. The van der Waals surface area contributed by atoms with Crippen molar-refractivity contribution in [3.05, 3.63) is 30.0 Å². The van der Waals surface area contributed by atoms with E-state index in [2.05, 4.69) is 18.8 Å². The lowest BCUT2D eigenvalue weighted by Crippen LogP contribution is -2.35. The Balaban J connectivity index is 0.000000497. The first-order valence-electron chi connectivity index (χ1n) is 7.30. The Morgan fingerprint density at radius 1 is 1.38 bits per heavy atom. The molecule has 2 aromatic heterocycles. The minimum absolute atomic E-state index is 0.327. The van der Waals surface area contributed by atoms with E-state index in [9.17, 15) is 4.39 Å². The first-order chi connectivity index (χ1) is 9.86. The number of imidazole rings is 1. The van der Waals surface area contributed by atoms with Crippen molar-refractivity contribution >= 4 is 18.2 Å². The van der Waals surface area contributed by atoms with E-state index in [0.717, 1.165) is 5.69 Å². The van der Waals surface area contributed by atoms with Gasteiger partial charge in [-0.1, -0.05) is 20.3 Å². The van der Waals surface area contributed by atoms with Gasteiger partial charge in [0.05, 0.1) is 17.9 Å². The molecule has 0 aromatic carbocycles. The molecule has 1 aliphatic rings. The van der Waals surface area contributed by atoms with Crippen LogP contribution in [0.3, 0.4) is 0 Å². The molecule has 0 N–H and O–H groups in total. The minimum Gasteiger partial charge on any atom is -0.404 e. The molecular formula is C15H22BFN2O2. The van der Waals surface area contributed by atoms with Gasteiger partial charge in [-0.3, -0.25) is 0 Å². The van der Waals surface area contributed by atoms with Crippen molar-refractivity contribution in [2.24, 2.45) is 0 Å². The van der Waals surface area contributed by atoms with Crippen molar-refractivity contribution in [2.45, 2.75) is 46.6 Å². The first kappa shape index (κ1) is 16.0. The Kier molecular flexibility index (Phi) is 4.69. The molecule has 1 saturated heterocycles.